The first-order valence-corrected chi connectivity index (χ1v) is 15.0. The number of anilines is 1. The molecule has 1 aromatic heterocycles. The summed E-state index contributed by atoms with van der Waals surface area (Å²) in [5.41, 5.74) is 2.80. The predicted octanol–water partition coefficient (Wildman–Crippen LogP) is 5.26. The summed E-state index contributed by atoms with van der Waals surface area (Å²) in [7, 11) is -0.503. The van der Waals surface area contributed by atoms with E-state index in [0.29, 0.717) is 36.0 Å². The molecule has 0 atom stereocenters. The second-order valence-electron chi connectivity index (χ2n) is 9.52. The molecule has 0 bridgehead atoms. The highest BCUT2D eigenvalue weighted by Crippen LogP contribution is 2.38. The summed E-state index contributed by atoms with van der Waals surface area (Å²) in [4.78, 5) is 20.8. The van der Waals surface area contributed by atoms with Gasteiger partial charge in [0, 0.05) is 19.0 Å². The van der Waals surface area contributed by atoms with Gasteiger partial charge in [-0.1, -0.05) is 47.7 Å². The molecule has 1 aliphatic heterocycles. The number of aryl methyl sites for hydroxylation is 1. The normalized spacial score (nSPS) is 14.8. The molecule has 1 saturated heterocycles. The van der Waals surface area contributed by atoms with Gasteiger partial charge in [-0.05, 0) is 61.2 Å². The zero-order chi connectivity index (χ0) is 27.6. The van der Waals surface area contributed by atoms with Crippen LogP contribution in [0.2, 0.25) is 0 Å². The van der Waals surface area contributed by atoms with E-state index in [1.807, 2.05) is 49.4 Å². The third-order valence-electron chi connectivity index (χ3n) is 7.09. The van der Waals surface area contributed by atoms with Gasteiger partial charge in [-0.25, -0.2) is 13.4 Å². The zero-order valence-corrected chi connectivity index (χ0v) is 23.8. The maximum atomic E-state index is 14.0. The van der Waals surface area contributed by atoms with E-state index >= 15 is 0 Å². The fourth-order valence-electron chi connectivity index (χ4n) is 4.84. The molecular weight excluding hydrogens is 534 g/mol. The molecule has 3 aromatic carbocycles. The number of sulfonamides is 1. The molecule has 4 aromatic rings. The van der Waals surface area contributed by atoms with E-state index in [0.717, 1.165) is 21.3 Å². The standard InChI is InChI=1S/C29H31N3O5S2/c1-20-9-14-25(37-3)26-27(20)38-29(30-26)32(19-21-7-5-4-6-8-21)28(33)22-15-17-31(18-16-22)39(34,35)24-12-10-23(36-2)11-13-24/h4-14,22H,15-19H2,1-3H3. The van der Waals surface area contributed by atoms with Crippen LogP contribution in [0.25, 0.3) is 10.2 Å². The first-order chi connectivity index (χ1) is 18.8. The van der Waals surface area contributed by atoms with Crippen LogP contribution in [0.5, 0.6) is 11.5 Å². The van der Waals surface area contributed by atoms with Crippen molar-refractivity contribution >= 4 is 42.6 Å². The van der Waals surface area contributed by atoms with E-state index in [2.05, 4.69) is 0 Å². The van der Waals surface area contributed by atoms with Crippen LogP contribution >= 0.6 is 11.3 Å². The SMILES string of the molecule is COc1ccc(S(=O)(=O)N2CCC(C(=O)N(Cc3ccccc3)c3nc4c(OC)ccc(C)c4s3)CC2)cc1. The van der Waals surface area contributed by atoms with Crippen LogP contribution in [0.3, 0.4) is 0 Å². The van der Waals surface area contributed by atoms with E-state index in [1.165, 1.54) is 15.6 Å². The molecule has 0 N–H and O–H groups in total. The smallest absolute Gasteiger partial charge is 0.243 e. The van der Waals surface area contributed by atoms with Gasteiger partial charge < -0.3 is 9.47 Å². The summed E-state index contributed by atoms with van der Waals surface area (Å²) < 4.78 is 39.6. The van der Waals surface area contributed by atoms with Gasteiger partial charge in [-0.3, -0.25) is 9.69 Å². The largest absolute Gasteiger partial charge is 0.497 e. The number of thiazole rings is 1. The van der Waals surface area contributed by atoms with Gasteiger partial charge in [-0.2, -0.15) is 4.31 Å². The summed E-state index contributed by atoms with van der Waals surface area (Å²) in [6, 6.07) is 20.1. The van der Waals surface area contributed by atoms with Crippen molar-refractivity contribution in [1.82, 2.24) is 9.29 Å². The maximum Gasteiger partial charge on any atom is 0.243 e. The Balaban J connectivity index is 1.39. The highest BCUT2D eigenvalue weighted by atomic mass is 32.2. The molecule has 8 nitrogen and oxygen atoms in total. The number of carbonyl (C=O) groups is 1. The predicted molar refractivity (Wildman–Crippen MR) is 153 cm³/mol. The van der Waals surface area contributed by atoms with E-state index in [9.17, 15) is 13.2 Å². The fraction of sp³-hybridized carbons (Fsp3) is 0.310. The van der Waals surface area contributed by atoms with E-state index in [1.54, 1.807) is 43.4 Å². The Morgan fingerprint density at radius 3 is 2.33 bits per heavy atom. The molecule has 0 spiro atoms. The molecule has 1 aliphatic rings. The number of nitrogens with zero attached hydrogens (tertiary/aromatic N) is 3. The van der Waals surface area contributed by atoms with Crippen LogP contribution in [-0.2, 0) is 21.4 Å². The van der Waals surface area contributed by atoms with Gasteiger partial charge in [-0.15, -0.1) is 0 Å². The van der Waals surface area contributed by atoms with Crippen LogP contribution in [0, 0.1) is 12.8 Å². The molecule has 5 rings (SSSR count). The van der Waals surface area contributed by atoms with Crippen molar-refractivity contribution in [2.75, 3.05) is 32.2 Å². The molecule has 39 heavy (non-hydrogen) atoms. The lowest BCUT2D eigenvalue weighted by atomic mass is 9.96. The Hall–Kier alpha value is -3.47. The Morgan fingerprint density at radius 1 is 1.00 bits per heavy atom. The Labute approximate surface area is 232 Å². The number of aromatic nitrogens is 1. The number of piperidine rings is 1. The minimum Gasteiger partial charge on any atom is -0.497 e. The number of carbonyl (C=O) groups excluding carboxylic acids is 1. The number of amides is 1. The minimum atomic E-state index is -3.66. The first-order valence-electron chi connectivity index (χ1n) is 12.8. The minimum absolute atomic E-state index is 0.0453. The second-order valence-corrected chi connectivity index (χ2v) is 12.4. The van der Waals surface area contributed by atoms with Gasteiger partial charge >= 0.3 is 0 Å². The van der Waals surface area contributed by atoms with Gasteiger partial charge in [0.15, 0.2) is 5.13 Å². The van der Waals surface area contributed by atoms with Crippen molar-refractivity contribution < 1.29 is 22.7 Å². The molecule has 204 valence electrons. The van der Waals surface area contributed by atoms with E-state index < -0.39 is 10.0 Å². The zero-order valence-electron chi connectivity index (χ0n) is 22.2. The maximum absolute atomic E-state index is 14.0. The number of hydrogen-bond acceptors (Lipinski definition) is 7. The average Bonchev–Trinajstić information content (AvgIpc) is 3.43. The number of ether oxygens (including phenoxy) is 2. The third kappa shape index (κ3) is 5.50. The van der Waals surface area contributed by atoms with Crippen molar-refractivity contribution in [1.29, 1.82) is 0 Å². The molecule has 0 unspecified atom stereocenters. The molecule has 0 saturated carbocycles. The number of fused-ring (bicyclic) bond motifs is 1. The van der Waals surface area contributed by atoms with Crippen LogP contribution < -0.4 is 14.4 Å². The van der Waals surface area contributed by atoms with Gasteiger partial charge in [0.05, 0.1) is 30.4 Å². The molecule has 10 heteroatoms. The monoisotopic (exact) mass is 565 g/mol. The average molecular weight is 566 g/mol. The summed E-state index contributed by atoms with van der Waals surface area (Å²) >= 11 is 1.48. The number of methoxy groups -OCH3 is 2. The molecule has 0 aliphatic carbocycles. The van der Waals surface area contributed by atoms with Crippen molar-refractivity contribution in [2.24, 2.45) is 5.92 Å². The lowest BCUT2D eigenvalue weighted by Gasteiger charge is -2.33. The molecule has 0 radical (unpaired) electrons. The Kier molecular flexibility index (Phi) is 7.88. The van der Waals surface area contributed by atoms with Crippen LogP contribution in [-0.4, -0.2) is 50.9 Å². The number of rotatable bonds is 8. The van der Waals surface area contributed by atoms with Gasteiger partial charge in [0.2, 0.25) is 15.9 Å². The highest BCUT2D eigenvalue weighted by Gasteiger charge is 2.35. The quantitative estimate of drug-likeness (QED) is 0.290. The summed E-state index contributed by atoms with van der Waals surface area (Å²) in [6.45, 7) is 2.95. The van der Waals surface area contributed by atoms with E-state index in [4.69, 9.17) is 14.5 Å². The summed E-state index contributed by atoms with van der Waals surface area (Å²) in [5.74, 6) is 0.906. The molecule has 2 heterocycles. The van der Waals surface area contributed by atoms with Gasteiger partial charge in [0.1, 0.15) is 17.0 Å². The Bertz CT molecular complexity index is 1560. The van der Waals surface area contributed by atoms with Gasteiger partial charge in [0.25, 0.3) is 0 Å². The van der Waals surface area contributed by atoms with Crippen molar-refractivity contribution in [2.45, 2.75) is 31.2 Å². The topological polar surface area (TPSA) is 89.0 Å². The third-order valence-corrected chi connectivity index (χ3v) is 10.2. The molecule has 1 fully saturated rings. The van der Waals surface area contributed by atoms with Crippen molar-refractivity contribution in [3.8, 4) is 11.5 Å². The number of benzene rings is 3. The van der Waals surface area contributed by atoms with Crippen molar-refractivity contribution in [3.05, 3.63) is 77.9 Å². The lowest BCUT2D eigenvalue weighted by molar-refractivity contribution is -0.123. The van der Waals surface area contributed by atoms with Crippen LogP contribution in [0.1, 0.15) is 24.0 Å². The molecular formula is C29H31N3O5S2. The van der Waals surface area contributed by atoms with E-state index in [-0.39, 0.29) is 29.8 Å². The fourth-order valence-corrected chi connectivity index (χ4v) is 7.37. The molecule has 1 amide bonds. The Morgan fingerprint density at radius 2 is 1.69 bits per heavy atom. The van der Waals surface area contributed by atoms with Crippen molar-refractivity contribution in [3.63, 3.8) is 0 Å². The first kappa shape index (κ1) is 27.1. The van der Waals surface area contributed by atoms with Crippen LogP contribution in [0.4, 0.5) is 5.13 Å². The summed E-state index contributed by atoms with van der Waals surface area (Å²) in [5, 5.41) is 0.611. The summed E-state index contributed by atoms with van der Waals surface area (Å²) in [6.07, 6.45) is 0.875. The number of hydrogen-bond donors (Lipinski definition) is 0. The lowest BCUT2D eigenvalue weighted by Crippen LogP contribution is -2.44. The highest BCUT2D eigenvalue weighted by molar-refractivity contribution is 7.89. The second kappa shape index (κ2) is 11.3. The van der Waals surface area contributed by atoms with Crippen LogP contribution in [0.15, 0.2) is 71.6 Å².